The number of dihydropyridines is 1. The van der Waals surface area contributed by atoms with Gasteiger partial charge in [0.2, 0.25) is 0 Å². The maximum absolute atomic E-state index is 6.87. The lowest BCUT2D eigenvalue weighted by atomic mass is 9.95. The number of hydrogen-bond donors (Lipinski definition) is 1. The minimum absolute atomic E-state index is 0.773. The van der Waals surface area contributed by atoms with E-state index in [0.29, 0.717) is 0 Å². The van der Waals surface area contributed by atoms with E-state index in [2.05, 4.69) is 121 Å². The fourth-order valence-corrected chi connectivity index (χ4v) is 5.97. The van der Waals surface area contributed by atoms with Gasteiger partial charge >= 0.3 is 0 Å². The van der Waals surface area contributed by atoms with Crippen LogP contribution < -0.4 is 14.8 Å². The summed E-state index contributed by atoms with van der Waals surface area (Å²) in [5, 5.41) is 3.48. The Morgan fingerprint density at radius 2 is 0.932 bits per heavy atom. The quantitative estimate of drug-likeness (QED) is 0.230. The van der Waals surface area contributed by atoms with Gasteiger partial charge in [-0.25, -0.2) is 0 Å². The Hall–Kier alpha value is -5.80. The Labute approximate surface area is 257 Å². The molecule has 0 amide bonds. The fraction of sp³-hybridized carbons (Fsp3) is 0.0244. The van der Waals surface area contributed by atoms with Gasteiger partial charge in [-0.1, -0.05) is 109 Å². The van der Waals surface area contributed by atoms with Gasteiger partial charge in [-0.3, -0.25) is 0 Å². The van der Waals surface area contributed by atoms with Gasteiger partial charge in [0, 0.05) is 40.1 Å². The standard InChI is InChI=1S/C41H29NO2/c1-2-11-28(12-3-1)29-13-10-14-30(25-29)31-20-22-35-36-23-21-32(37-17-8-9-24-42-37)27-41(36)44-39-19-7-5-16-34(39)33-15-4-6-18-38(33)43-40(35)26-31/h1-23,25-27,42H,24H2. The zero-order valence-electron chi connectivity index (χ0n) is 24.0. The molecule has 210 valence electrons. The maximum Gasteiger partial charge on any atom is 0.136 e. The Kier molecular flexibility index (Phi) is 6.54. The van der Waals surface area contributed by atoms with Crippen molar-refractivity contribution in [2.24, 2.45) is 0 Å². The molecule has 0 radical (unpaired) electrons. The van der Waals surface area contributed by atoms with Crippen LogP contribution >= 0.6 is 0 Å². The molecule has 2 aliphatic rings. The van der Waals surface area contributed by atoms with Crippen molar-refractivity contribution in [3.8, 4) is 67.5 Å². The summed E-state index contributed by atoms with van der Waals surface area (Å²) < 4.78 is 13.7. The van der Waals surface area contributed by atoms with Crippen molar-refractivity contribution in [3.05, 3.63) is 163 Å². The second kappa shape index (κ2) is 11.1. The molecule has 0 atom stereocenters. The van der Waals surface area contributed by atoms with Crippen molar-refractivity contribution in [2.75, 3.05) is 6.54 Å². The van der Waals surface area contributed by atoms with Crippen molar-refractivity contribution in [1.82, 2.24) is 5.32 Å². The van der Waals surface area contributed by atoms with Gasteiger partial charge in [-0.2, -0.15) is 0 Å². The van der Waals surface area contributed by atoms with Crippen LogP contribution in [0.3, 0.4) is 0 Å². The summed E-state index contributed by atoms with van der Waals surface area (Å²) in [6, 6.07) is 48.4. The first-order valence-corrected chi connectivity index (χ1v) is 14.9. The van der Waals surface area contributed by atoms with Crippen molar-refractivity contribution in [1.29, 1.82) is 0 Å². The van der Waals surface area contributed by atoms with Gasteiger partial charge in [-0.05, 0) is 70.8 Å². The molecule has 44 heavy (non-hydrogen) atoms. The predicted octanol–water partition coefficient (Wildman–Crippen LogP) is 10.8. The number of nitrogens with one attached hydrogen (secondary N) is 1. The van der Waals surface area contributed by atoms with Crippen LogP contribution in [0.4, 0.5) is 0 Å². The number of fused-ring (bicyclic) bond motifs is 6. The molecule has 0 bridgehead atoms. The van der Waals surface area contributed by atoms with Crippen LogP contribution in [0, 0.1) is 0 Å². The molecule has 2 aliphatic heterocycles. The number of para-hydroxylation sites is 2. The second-order valence-corrected chi connectivity index (χ2v) is 11.0. The summed E-state index contributed by atoms with van der Waals surface area (Å²) in [4.78, 5) is 0. The van der Waals surface area contributed by atoms with E-state index < -0.39 is 0 Å². The number of ether oxygens (including phenoxy) is 2. The van der Waals surface area contributed by atoms with Gasteiger partial charge in [0.05, 0.1) is 0 Å². The van der Waals surface area contributed by atoms with E-state index in [1.807, 2.05) is 42.5 Å². The van der Waals surface area contributed by atoms with E-state index in [4.69, 9.17) is 9.47 Å². The smallest absolute Gasteiger partial charge is 0.136 e. The van der Waals surface area contributed by atoms with Crippen LogP contribution in [0.1, 0.15) is 5.56 Å². The number of allylic oxidation sites excluding steroid dienone is 2. The van der Waals surface area contributed by atoms with E-state index in [1.165, 1.54) is 11.1 Å². The molecule has 0 fully saturated rings. The van der Waals surface area contributed by atoms with Crippen LogP contribution in [-0.4, -0.2) is 6.54 Å². The monoisotopic (exact) mass is 567 g/mol. The Balaban J connectivity index is 1.32. The number of rotatable bonds is 3. The Morgan fingerprint density at radius 3 is 1.59 bits per heavy atom. The highest BCUT2D eigenvalue weighted by Gasteiger charge is 2.21. The molecule has 0 aromatic heterocycles. The first kappa shape index (κ1) is 25.9. The third-order valence-electron chi connectivity index (χ3n) is 8.18. The van der Waals surface area contributed by atoms with E-state index in [1.54, 1.807) is 0 Å². The normalized spacial score (nSPS) is 13.0. The molecular formula is C41H29NO2. The highest BCUT2D eigenvalue weighted by Crippen LogP contribution is 2.48. The molecule has 0 saturated carbocycles. The topological polar surface area (TPSA) is 30.5 Å². The van der Waals surface area contributed by atoms with Crippen LogP contribution in [0.15, 0.2) is 158 Å². The van der Waals surface area contributed by atoms with Crippen molar-refractivity contribution in [3.63, 3.8) is 0 Å². The van der Waals surface area contributed by atoms with Crippen LogP contribution in [0.25, 0.3) is 50.2 Å². The Morgan fingerprint density at radius 1 is 0.409 bits per heavy atom. The van der Waals surface area contributed by atoms with Crippen LogP contribution in [0.2, 0.25) is 0 Å². The summed E-state index contributed by atoms with van der Waals surface area (Å²) in [7, 11) is 0. The minimum Gasteiger partial charge on any atom is -0.456 e. The molecule has 2 heterocycles. The highest BCUT2D eigenvalue weighted by molar-refractivity contribution is 5.85. The molecule has 0 saturated heterocycles. The van der Waals surface area contributed by atoms with Crippen LogP contribution in [0.5, 0.6) is 23.0 Å². The summed E-state index contributed by atoms with van der Waals surface area (Å²) in [5.74, 6) is 3.11. The second-order valence-electron chi connectivity index (χ2n) is 11.0. The minimum atomic E-state index is 0.773. The average Bonchev–Trinajstić information content (AvgIpc) is 3.10. The van der Waals surface area contributed by atoms with Crippen molar-refractivity contribution >= 4 is 5.70 Å². The summed E-state index contributed by atoms with van der Waals surface area (Å²) in [5.41, 5.74) is 10.6. The van der Waals surface area contributed by atoms with Crippen molar-refractivity contribution < 1.29 is 9.47 Å². The average molecular weight is 568 g/mol. The molecule has 0 spiro atoms. The van der Waals surface area contributed by atoms with Gasteiger partial charge in [0.25, 0.3) is 0 Å². The third-order valence-corrected chi connectivity index (χ3v) is 8.18. The lowest BCUT2D eigenvalue weighted by Crippen LogP contribution is -2.14. The zero-order valence-corrected chi connectivity index (χ0v) is 24.0. The molecule has 0 unspecified atom stereocenters. The summed E-state index contributed by atoms with van der Waals surface area (Å²) >= 11 is 0. The highest BCUT2D eigenvalue weighted by atomic mass is 16.5. The molecular weight excluding hydrogens is 538 g/mol. The first-order chi connectivity index (χ1) is 21.8. The van der Waals surface area contributed by atoms with Crippen molar-refractivity contribution in [2.45, 2.75) is 0 Å². The first-order valence-electron chi connectivity index (χ1n) is 14.9. The Bertz CT molecular complexity index is 2070. The molecule has 6 aromatic carbocycles. The van der Waals surface area contributed by atoms with E-state index >= 15 is 0 Å². The fourth-order valence-electron chi connectivity index (χ4n) is 5.97. The summed E-state index contributed by atoms with van der Waals surface area (Å²) in [6.07, 6.45) is 6.29. The lowest BCUT2D eigenvalue weighted by molar-refractivity contribution is 0.472. The van der Waals surface area contributed by atoms with E-state index in [9.17, 15) is 0 Å². The third kappa shape index (κ3) is 4.85. The van der Waals surface area contributed by atoms with E-state index in [0.717, 1.165) is 74.2 Å². The molecule has 1 N–H and O–H groups in total. The molecule has 3 heteroatoms. The largest absolute Gasteiger partial charge is 0.456 e. The maximum atomic E-state index is 6.87. The number of hydrogen-bond acceptors (Lipinski definition) is 3. The van der Waals surface area contributed by atoms with Gasteiger partial charge < -0.3 is 14.8 Å². The predicted molar refractivity (Wildman–Crippen MR) is 180 cm³/mol. The zero-order chi connectivity index (χ0) is 29.3. The molecule has 3 nitrogen and oxygen atoms in total. The SMILES string of the molecule is C1=CCNC(c2ccc3c(c2)Oc2ccccc2-c2ccccc2Oc2cc(-c4cccc(-c5ccccc5)c4)ccc2-3)=C1. The van der Waals surface area contributed by atoms with Gasteiger partial charge in [0.15, 0.2) is 0 Å². The molecule has 0 aliphatic carbocycles. The summed E-state index contributed by atoms with van der Waals surface area (Å²) in [6.45, 7) is 0.800. The van der Waals surface area contributed by atoms with Gasteiger partial charge in [-0.15, -0.1) is 0 Å². The van der Waals surface area contributed by atoms with E-state index in [-0.39, 0.29) is 0 Å². The number of benzene rings is 6. The van der Waals surface area contributed by atoms with Gasteiger partial charge in [0.1, 0.15) is 23.0 Å². The molecule has 6 aromatic rings. The molecule has 8 rings (SSSR count). The lowest BCUT2D eigenvalue weighted by Gasteiger charge is -2.23. The van der Waals surface area contributed by atoms with Crippen LogP contribution in [-0.2, 0) is 0 Å².